The highest BCUT2D eigenvalue weighted by Crippen LogP contribution is 2.23. The SMILES string of the molecule is CC(CS)COCC1CCCCC1. The third-order valence-corrected chi connectivity index (χ3v) is 3.42. The van der Waals surface area contributed by atoms with Crippen molar-refractivity contribution in [1.29, 1.82) is 0 Å². The van der Waals surface area contributed by atoms with Gasteiger partial charge in [-0.1, -0.05) is 26.2 Å². The summed E-state index contributed by atoms with van der Waals surface area (Å²) in [6, 6.07) is 0. The maximum atomic E-state index is 5.68. The molecule has 0 aliphatic heterocycles. The molecular weight excluding hydrogens is 180 g/mol. The summed E-state index contributed by atoms with van der Waals surface area (Å²) in [5.41, 5.74) is 0. The number of ether oxygens (including phenoxy) is 1. The summed E-state index contributed by atoms with van der Waals surface area (Å²) in [5, 5.41) is 0. The molecule has 1 aliphatic rings. The molecule has 0 saturated heterocycles. The molecule has 78 valence electrons. The first-order valence-corrected chi connectivity index (χ1v) is 6.14. The predicted molar refractivity (Wildman–Crippen MR) is 60.4 cm³/mol. The molecule has 0 bridgehead atoms. The van der Waals surface area contributed by atoms with Gasteiger partial charge in [-0.2, -0.15) is 12.6 Å². The molecule has 13 heavy (non-hydrogen) atoms. The summed E-state index contributed by atoms with van der Waals surface area (Å²) >= 11 is 4.24. The van der Waals surface area contributed by atoms with Crippen LogP contribution in [0.25, 0.3) is 0 Å². The minimum Gasteiger partial charge on any atom is -0.381 e. The Morgan fingerprint density at radius 3 is 2.62 bits per heavy atom. The van der Waals surface area contributed by atoms with E-state index in [0.717, 1.165) is 24.9 Å². The average molecular weight is 202 g/mol. The zero-order valence-corrected chi connectivity index (χ0v) is 9.56. The van der Waals surface area contributed by atoms with E-state index in [9.17, 15) is 0 Å². The Morgan fingerprint density at radius 1 is 1.31 bits per heavy atom. The second-order valence-electron chi connectivity index (χ2n) is 4.33. The van der Waals surface area contributed by atoms with Gasteiger partial charge in [0.15, 0.2) is 0 Å². The van der Waals surface area contributed by atoms with Crippen molar-refractivity contribution in [3.8, 4) is 0 Å². The number of rotatable bonds is 5. The lowest BCUT2D eigenvalue weighted by molar-refractivity contribution is 0.0687. The summed E-state index contributed by atoms with van der Waals surface area (Å²) in [4.78, 5) is 0. The summed E-state index contributed by atoms with van der Waals surface area (Å²) in [6.07, 6.45) is 7.03. The monoisotopic (exact) mass is 202 g/mol. The Balaban J connectivity index is 1.98. The molecule has 0 radical (unpaired) electrons. The van der Waals surface area contributed by atoms with E-state index in [1.807, 2.05) is 0 Å². The first-order chi connectivity index (χ1) is 6.33. The van der Waals surface area contributed by atoms with Crippen LogP contribution in [0.2, 0.25) is 0 Å². The van der Waals surface area contributed by atoms with Crippen molar-refractivity contribution in [2.24, 2.45) is 11.8 Å². The van der Waals surface area contributed by atoms with Crippen LogP contribution in [0.4, 0.5) is 0 Å². The van der Waals surface area contributed by atoms with Crippen molar-refractivity contribution in [3.63, 3.8) is 0 Å². The van der Waals surface area contributed by atoms with Crippen LogP contribution in [-0.2, 0) is 4.74 Å². The number of thiol groups is 1. The minimum atomic E-state index is 0.604. The minimum absolute atomic E-state index is 0.604. The molecule has 0 spiro atoms. The second-order valence-corrected chi connectivity index (χ2v) is 4.69. The quantitative estimate of drug-likeness (QED) is 0.674. The van der Waals surface area contributed by atoms with Crippen molar-refractivity contribution in [2.75, 3.05) is 19.0 Å². The Labute approximate surface area is 87.7 Å². The molecule has 2 heteroatoms. The van der Waals surface area contributed by atoms with E-state index in [4.69, 9.17) is 4.74 Å². The molecule has 1 saturated carbocycles. The lowest BCUT2D eigenvalue weighted by atomic mass is 9.90. The molecule has 1 atom stereocenters. The van der Waals surface area contributed by atoms with E-state index in [2.05, 4.69) is 19.6 Å². The third kappa shape index (κ3) is 4.92. The van der Waals surface area contributed by atoms with E-state index in [-0.39, 0.29) is 0 Å². The van der Waals surface area contributed by atoms with Gasteiger partial charge in [-0.15, -0.1) is 0 Å². The van der Waals surface area contributed by atoms with Crippen LogP contribution in [0.5, 0.6) is 0 Å². The molecule has 0 amide bonds. The molecule has 0 N–H and O–H groups in total. The fourth-order valence-corrected chi connectivity index (χ4v) is 1.95. The summed E-state index contributed by atoms with van der Waals surface area (Å²) < 4.78 is 5.68. The van der Waals surface area contributed by atoms with Gasteiger partial charge in [0.1, 0.15) is 0 Å². The predicted octanol–water partition coefficient (Wildman–Crippen LogP) is 3.15. The Bertz CT molecular complexity index is 121. The topological polar surface area (TPSA) is 9.23 Å². The lowest BCUT2D eigenvalue weighted by Gasteiger charge is -2.21. The second kappa shape index (κ2) is 6.72. The molecule has 0 aromatic carbocycles. The smallest absolute Gasteiger partial charge is 0.0499 e. The molecule has 0 heterocycles. The van der Waals surface area contributed by atoms with Crippen LogP contribution in [0.3, 0.4) is 0 Å². The number of hydrogen-bond donors (Lipinski definition) is 1. The molecular formula is C11H22OS. The van der Waals surface area contributed by atoms with Crippen molar-refractivity contribution in [3.05, 3.63) is 0 Å². The highest BCUT2D eigenvalue weighted by Gasteiger charge is 2.13. The van der Waals surface area contributed by atoms with Crippen molar-refractivity contribution in [2.45, 2.75) is 39.0 Å². The molecule has 0 aromatic rings. The van der Waals surface area contributed by atoms with Crippen LogP contribution in [-0.4, -0.2) is 19.0 Å². The van der Waals surface area contributed by atoms with Crippen LogP contribution in [0, 0.1) is 11.8 Å². The first-order valence-electron chi connectivity index (χ1n) is 5.51. The van der Waals surface area contributed by atoms with Gasteiger partial charge >= 0.3 is 0 Å². The van der Waals surface area contributed by atoms with Gasteiger partial charge in [-0.05, 0) is 30.4 Å². The standard InChI is InChI=1S/C11H22OS/c1-10(9-13)7-12-8-11-5-3-2-4-6-11/h10-11,13H,2-9H2,1H3. The molecule has 1 unspecified atom stereocenters. The summed E-state index contributed by atoms with van der Waals surface area (Å²) in [5.74, 6) is 2.39. The maximum absolute atomic E-state index is 5.68. The zero-order chi connectivity index (χ0) is 9.52. The first kappa shape index (κ1) is 11.4. The molecule has 1 rings (SSSR count). The maximum Gasteiger partial charge on any atom is 0.0499 e. The summed E-state index contributed by atoms with van der Waals surface area (Å²) in [6.45, 7) is 4.06. The van der Waals surface area contributed by atoms with Crippen molar-refractivity contribution >= 4 is 12.6 Å². The molecule has 0 aromatic heterocycles. The van der Waals surface area contributed by atoms with Gasteiger partial charge in [0.05, 0.1) is 0 Å². The van der Waals surface area contributed by atoms with Gasteiger partial charge in [0.25, 0.3) is 0 Å². The van der Waals surface area contributed by atoms with Crippen molar-refractivity contribution < 1.29 is 4.74 Å². The van der Waals surface area contributed by atoms with Gasteiger partial charge in [-0.25, -0.2) is 0 Å². The fraction of sp³-hybridized carbons (Fsp3) is 1.00. The zero-order valence-electron chi connectivity index (χ0n) is 8.67. The van der Waals surface area contributed by atoms with Gasteiger partial charge in [-0.3, -0.25) is 0 Å². The fourth-order valence-electron chi connectivity index (χ4n) is 1.84. The number of hydrogen-bond acceptors (Lipinski definition) is 2. The molecule has 1 nitrogen and oxygen atoms in total. The van der Waals surface area contributed by atoms with Crippen LogP contribution in [0.1, 0.15) is 39.0 Å². The van der Waals surface area contributed by atoms with Gasteiger partial charge < -0.3 is 4.74 Å². The summed E-state index contributed by atoms with van der Waals surface area (Å²) in [7, 11) is 0. The molecule has 1 aliphatic carbocycles. The van der Waals surface area contributed by atoms with Gasteiger partial charge in [0, 0.05) is 13.2 Å². The van der Waals surface area contributed by atoms with Crippen LogP contribution >= 0.6 is 12.6 Å². The largest absolute Gasteiger partial charge is 0.381 e. The lowest BCUT2D eigenvalue weighted by Crippen LogP contribution is -2.16. The van der Waals surface area contributed by atoms with E-state index < -0.39 is 0 Å². The highest BCUT2D eigenvalue weighted by molar-refractivity contribution is 7.80. The Hall–Kier alpha value is 0.310. The van der Waals surface area contributed by atoms with E-state index in [1.165, 1.54) is 32.1 Å². The van der Waals surface area contributed by atoms with E-state index >= 15 is 0 Å². The van der Waals surface area contributed by atoms with Crippen LogP contribution in [0.15, 0.2) is 0 Å². The molecule has 1 fully saturated rings. The highest BCUT2D eigenvalue weighted by atomic mass is 32.1. The van der Waals surface area contributed by atoms with Gasteiger partial charge in [0.2, 0.25) is 0 Å². The Kier molecular flexibility index (Phi) is 5.88. The third-order valence-electron chi connectivity index (χ3n) is 2.79. The average Bonchev–Trinajstić information content (AvgIpc) is 2.19. The van der Waals surface area contributed by atoms with Crippen molar-refractivity contribution in [1.82, 2.24) is 0 Å². The van der Waals surface area contributed by atoms with E-state index in [1.54, 1.807) is 0 Å². The normalized spacial score (nSPS) is 21.7. The Morgan fingerprint density at radius 2 is 2.00 bits per heavy atom. The van der Waals surface area contributed by atoms with Crippen LogP contribution < -0.4 is 0 Å². The van der Waals surface area contributed by atoms with E-state index in [0.29, 0.717) is 5.92 Å².